The number of para-hydroxylation sites is 1. The van der Waals surface area contributed by atoms with Gasteiger partial charge in [0.25, 0.3) is 0 Å². The van der Waals surface area contributed by atoms with E-state index in [9.17, 15) is 9.59 Å². The fourth-order valence-corrected chi connectivity index (χ4v) is 4.74. The number of hydrogen-bond acceptors (Lipinski definition) is 4. The average molecular weight is 428 g/mol. The highest BCUT2D eigenvalue weighted by molar-refractivity contribution is 6.07. The van der Waals surface area contributed by atoms with Gasteiger partial charge in [-0.2, -0.15) is 0 Å². The number of anilines is 1. The molecule has 1 aromatic heterocycles. The Labute approximate surface area is 187 Å². The minimum Gasteiger partial charge on any atom is -0.469 e. The minimum absolute atomic E-state index is 0.0348. The Bertz CT molecular complexity index is 1170. The summed E-state index contributed by atoms with van der Waals surface area (Å²) < 4.78 is 11.5. The molecule has 0 radical (unpaired) electrons. The zero-order valence-corrected chi connectivity index (χ0v) is 18.2. The lowest BCUT2D eigenvalue weighted by molar-refractivity contribution is -0.121. The van der Waals surface area contributed by atoms with Gasteiger partial charge >= 0.3 is 0 Å². The molecule has 2 aliphatic rings. The first-order valence-electron chi connectivity index (χ1n) is 10.9. The van der Waals surface area contributed by atoms with Gasteiger partial charge in [0.05, 0.1) is 12.2 Å². The van der Waals surface area contributed by atoms with Gasteiger partial charge in [-0.05, 0) is 60.4 Å². The first-order valence-corrected chi connectivity index (χ1v) is 10.9. The van der Waals surface area contributed by atoms with Crippen LogP contribution in [0.5, 0.6) is 11.5 Å². The second-order valence-electron chi connectivity index (χ2n) is 9.21. The van der Waals surface area contributed by atoms with Crippen molar-refractivity contribution in [2.75, 3.05) is 4.90 Å². The molecule has 0 fully saturated rings. The maximum atomic E-state index is 13.4. The Morgan fingerprint density at radius 3 is 2.31 bits per heavy atom. The van der Waals surface area contributed by atoms with E-state index >= 15 is 0 Å². The number of carbonyl (C=O) groups is 2. The molecule has 5 heteroatoms. The Balaban J connectivity index is 1.53. The van der Waals surface area contributed by atoms with Gasteiger partial charge in [-0.25, -0.2) is 0 Å². The molecule has 2 heterocycles. The number of hydrogen-bond donors (Lipinski definition) is 0. The zero-order valence-electron chi connectivity index (χ0n) is 18.2. The van der Waals surface area contributed by atoms with Crippen molar-refractivity contribution in [1.82, 2.24) is 0 Å². The van der Waals surface area contributed by atoms with Crippen LogP contribution < -0.4 is 9.64 Å². The molecule has 1 atom stereocenters. The van der Waals surface area contributed by atoms with Gasteiger partial charge in [-0.3, -0.25) is 14.5 Å². The Morgan fingerprint density at radius 2 is 1.62 bits per heavy atom. The molecule has 2 aromatic carbocycles. The lowest BCUT2D eigenvalue weighted by atomic mass is 9.70. The molecule has 0 N–H and O–H groups in total. The van der Waals surface area contributed by atoms with Gasteiger partial charge in [-0.15, -0.1) is 0 Å². The number of nitrogens with zero attached hydrogens (tertiary/aromatic N) is 1. The molecule has 1 aliphatic heterocycles. The van der Waals surface area contributed by atoms with Crippen molar-refractivity contribution in [1.29, 1.82) is 0 Å². The van der Waals surface area contributed by atoms with Crippen LogP contribution in [0, 0.1) is 5.41 Å². The summed E-state index contributed by atoms with van der Waals surface area (Å²) in [6.45, 7) is 4.15. The number of ketones is 1. The molecular formula is C27H25NO4. The number of furan rings is 1. The Hall–Kier alpha value is -3.60. The van der Waals surface area contributed by atoms with E-state index in [2.05, 4.69) is 13.8 Å². The summed E-state index contributed by atoms with van der Waals surface area (Å²) in [5, 5.41) is 0. The number of carbonyl (C=O) groups excluding carboxylic acids is 2. The molecule has 1 unspecified atom stereocenters. The summed E-state index contributed by atoms with van der Waals surface area (Å²) in [4.78, 5) is 28.3. The van der Waals surface area contributed by atoms with E-state index in [1.54, 1.807) is 17.2 Å². The molecule has 1 aliphatic carbocycles. The third-order valence-electron chi connectivity index (χ3n) is 6.10. The minimum atomic E-state index is -0.326. The molecule has 32 heavy (non-hydrogen) atoms. The number of Topliss-reactive ketones (excluding diaryl/α,β-unsaturated/α-hetero) is 1. The number of amides is 1. The van der Waals surface area contributed by atoms with Gasteiger partial charge < -0.3 is 9.15 Å². The van der Waals surface area contributed by atoms with Crippen LogP contribution in [0.1, 0.15) is 44.8 Å². The summed E-state index contributed by atoms with van der Waals surface area (Å²) in [6.07, 6.45) is 2.92. The van der Waals surface area contributed by atoms with Crippen LogP contribution in [0.2, 0.25) is 0 Å². The fourth-order valence-electron chi connectivity index (χ4n) is 4.74. The molecular weight excluding hydrogens is 402 g/mol. The number of allylic oxidation sites excluding steroid dienone is 2. The van der Waals surface area contributed by atoms with E-state index in [-0.39, 0.29) is 29.4 Å². The molecule has 0 saturated carbocycles. The van der Waals surface area contributed by atoms with Crippen molar-refractivity contribution in [2.24, 2.45) is 5.41 Å². The Morgan fingerprint density at radius 1 is 0.906 bits per heavy atom. The summed E-state index contributed by atoms with van der Waals surface area (Å²) in [7, 11) is 0. The highest BCUT2D eigenvalue weighted by atomic mass is 16.5. The van der Waals surface area contributed by atoms with Crippen molar-refractivity contribution >= 4 is 17.4 Å². The summed E-state index contributed by atoms with van der Waals surface area (Å²) in [5.74, 6) is 1.84. The molecule has 162 valence electrons. The number of ether oxygens (including phenoxy) is 1. The maximum Gasteiger partial charge on any atom is 0.232 e. The van der Waals surface area contributed by atoms with Gasteiger partial charge in [0, 0.05) is 29.8 Å². The van der Waals surface area contributed by atoms with Crippen LogP contribution in [0.4, 0.5) is 5.69 Å². The van der Waals surface area contributed by atoms with Crippen LogP contribution in [0.15, 0.2) is 88.7 Å². The smallest absolute Gasteiger partial charge is 0.232 e. The number of benzene rings is 2. The standard InChI is InChI=1S/C27H25NO4/c1-27(2)16-22-26(23(29)17-27)21(24-9-6-14-31-24)15-25(30)28(22)18-10-12-20(13-11-18)32-19-7-4-3-5-8-19/h3-14,21H,15-17H2,1-2H3. The monoisotopic (exact) mass is 427 g/mol. The van der Waals surface area contributed by atoms with E-state index in [0.717, 1.165) is 17.1 Å². The second kappa shape index (κ2) is 7.83. The molecule has 1 amide bonds. The van der Waals surface area contributed by atoms with E-state index in [0.29, 0.717) is 29.9 Å². The highest BCUT2D eigenvalue weighted by Crippen LogP contribution is 2.48. The summed E-state index contributed by atoms with van der Waals surface area (Å²) in [5.41, 5.74) is 2.03. The highest BCUT2D eigenvalue weighted by Gasteiger charge is 2.45. The second-order valence-corrected chi connectivity index (χ2v) is 9.21. The van der Waals surface area contributed by atoms with Crippen molar-refractivity contribution in [3.8, 4) is 11.5 Å². The maximum absolute atomic E-state index is 13.4. The first kappa shape index (κ1) is 20.3. The summed E-state index contributed by atoms with van der Waals surface area (Å²) in [6, 6.07) is 20.7. The molecule has 5 rings (SSSR count). The lowest BCUT2D eigenvalue weighted by Gasteiger charge is -2.42. The van der Waals surface area contributed by atoms with Crippen LogP contribution in [-0.4, -0.2) is 11.7 Å². The number of rotatable bonds is 4. The normalized spacial score (nSPS) is 20.3. The molecule has 0 bridgehead atoms. The van der Waals surface area contributed by atoms with E-state index < -0.39 is 0 Å². The van der Waals surface area contributed by atoms with Crippen LogP contribution in [-0.2, 0) is 9.59 Å². The topological polar surface area (TPSA) is 59.8 Å². The predicted octanol–water partition coefficient (Wildman–Crippen LogP) is 6.24. The van der Waals surface area contributed by atoms with Gasteiger partial charge in [0.2, 0.25) is 5.91 Å². The van der Waals surface area contributed by atoms with E-state index in [1.807, 2.05) is 60.7 Å². The average Bonchev–Trinajstić information content (AvgIpc) is 3.29. The third-order valence-corrected chi connectivity index (χ3v) is 6.10. The fraction of sp³-hybridized carbons (Fsp3) is 0.259. The van der Waals surface area contributed by atoms with Crippen molar-refractivity contribution < 1.29 is 18.7 Å². The molecule has 5 nitrogen and oxygen atoms in total. The molecule has 0 saturated heterocycles. The molecule has 0 spiro atoms. The van der Waals surface area contributed by atoms with Gasteiger partial charge in [0.15, 0.2) is 5.78 Å². The van der Waals surface area contributed by atoms with Gasteiger partial charge in [-0.1, -0.05) is 32.0 Å². The van der Waals surface area contributed by atoms with E-state index in [1.165, 1.54) is 0 Å². The quantitative estimate of drug-likeness (QED) is 0.495. The molecule has 3 aromatic rings. The van der Waals surface area contributed by atoms with Crippen LogP contribution in [0.25, 0.3) is 0 Å². The summed E-state index contributed by atoms with van der Waals surface area (Å²) >= 11 is 0. The van der Waals surface area contributed by atoms with Crippen molar-refractivity contribution in [3.63, 3.8) is 0 Å². The van der Waals surface area contributed by atoms with Gasteiger partial charge in [0.1, 0.15) is 17.3 Å². The predicted molar refractivity (Wildman–Crippen MR) is 122 cm³/mol. The zero-order chi connectivity index (χ0) is 22.3. The third kappa shape index (κ3) is 3.75. The Kier molecular flexibility index (Phi) is 4.97. The van der Waals surface area contributed by atoms with Crippen molar-refractivity contribution in [3.05, 3.63) is 90.0 Å². The first-order chi connectivity index (χ1) is 15.4. The largest absolute Gasteiger partial charge is 0.469 e. The van der Waals surface area contributed by atoms with Crippen molar-refractivity contribution in [2.45, 2.75) is 39.0 Å². The SMILES string of the molecule is CC1(C)CC(=O)C2=C(C1)N(c1ccc(Oc3ccccc3)cc1)C(=O)CC2c1ccco1. The van der Waals surface area contributed by atoms with Crippen LogP contribution >= 0.6 is 0 Å². The van der Waals surface area contributed by atoms with E-state index in [4.69, 9.17) is 9.15 Å². The lowest BCUT2D eigenvalue weighted by Crippen LogP contribution is -2.43. The van der Waals surface area contributed by atoms with Crippen LogP contribution in [0.3, 0.4) is 0 Å².